The normalized spacial score (nSPS) is 17.1. The lowest BCUT2D eigenvalue weighted by Gasteiger charge is -2.32. The molecule has 0 spiro atoms. The summed E-state index contributed by atoms with van der Waals surface area (Å²) in [5, 5.41) is 3.90. The first-order valence-electron chi connectivity index (χ1n) is 10.2. The molecular formula is C24H25N3O3. The average molecular weight is 403 g/mol. The van der Waals surface area contributed by atoms with Gasteiger partial charge in [0.25, 0.3) is 5.91 Å². The first-order chi connectivity index (χ1) is 14.7. The Morgan fingerprint density at radius 1 is 1.17 bits per heavy atom. The van der Waals surface area contributed by atoms with E-state index in [9.17, 15) is 4.79 Å². The highest BCUT2D eigenvalue weighted by atomic mass is 16.5. The Hall–Kier alpha value is -3.41. The Kier molecular flexibility index (Phi) is 5.93. The van der Waals surface area contributed by atoms with Crippen LogP contribution < -0.4 is 4.74 Å². The SMILES string of the molecule is COc1ccccc1C=C(C(=O)N1CCCC(c2nc(C)no2)C1)c1ccccc1. The van der Waals surface area contributed by atoms with Crippen LogP contribution >= 0.6 is 0 Å². The molecule has 6 heteroatoms. The van der Waals surface area contributed by atoms with Crippen molar-refractivity contribution in [2.45, 2.75) is 25.7 Å². The van der Waals surface area contributed by atoms with Gasteiger partial charge in [-0.25, -0.2) is 0 Å². The third-order valence-electron chi connectivity index (χ3n) is 5.36. The summed E-state index contributed by atoms with van der Waals surface area (Å²) in [4.78, 5) is 19.9. The molecule has 1 fully saturated rings. The summed E-state index contributed by atoms with van der Waals surface area (Å²) in [6.07, 6.45) is 3.74. The van der Waals surface area contributed by atoms with Crippen molar-refractivity contribution in [3.8, 4) is 5.75 Å². The highest BCUT2D eigenvalue weighted by Crippen LogP contribution is 2.30. The van der Waals surface area contributed by atoms with E-state index in [0.717, 1.165) is 29.7 Å². The Balaban J connectivity index is 1.67. The number of amides is 1. The molecule has 0 radical (unpaired) electrons. The zero-order valence-corrected chi connectivity index (χ0v) is 17.2. The molecule has 0 aliphatic carbocycles. The second-order valence-corrected chi connectivity index (χ2v) is 7.44. The lowest BCUT2D eigenvalue weighted by molar-refractivity contribution is -0.126. The van der Waals surface area contributed by atoms with Gasteiger partial charge in [-0.3, -0.25) is 4.79 Å². The summed E-state index contributed by atoms with van der Waals surface area (Å²) in [6.45, 7) is 3.08. The maximum atomic E-state index is 13.6. The number of aromatic nitrogens is 2. The van der Waals surface area contributed by atoms with Crippen LogP contribution in [-0.2, 0) is 4.79 Å². The maximum absolute atomic E-state index is 13.6. The van der Waals surface area contributed by atoms with Gasteiger partial charge in [-0.2, -0.15) is 4.98 Å². The molecule has 0 saturated carbocycles. The Morgan fingerprint density at radius 2 is 1.93 bits per heavy atom. The molecule has 1 unspecified atom stereocenters. The molecule has 2 heterocycles. The molecule has 0 N–H and O–H groups in total. The van der Waals surface area contributed by atoms with Gasteiger partial charge in [0.15, 0.2) is 5.82 Å². The van der Waals surface area contributed by atoms with Crippen molar-refractivity contribution in [2.75, 3.05) is 20.2 Å². The Labute approximate surface area is 176 Å². The number of nitrogens with zero attached hydrogens (tertiary/aromatic N) is 3. The third kappa shape index (κ3) is 4.27. The van der Waals surface area contributed by atoms with E-state index in [1.54, 1.807) is 7.11 Å². The number of hydrogen-bond donors (Lipinski definition) is 0. The lowest BCUT2D eigenvalue weighted by Crippen LogP contribution is -2.39. The molecule has 1 saturated heterocycles. The molecule has 2 aromatic carbocycles. The van der Waals surface area contributed by atoms with Crippen LogP contribution in [0.5, 0.6) is 5.75 Å². The van der Waals surface area contributed by atoms with E-state index in [1.807, 2.05) is 72.5 Å². The van der Waals surface area contributed by atoms with E-state index in [-0.39, 0.29) is 11.8 Å². The predicted octanol–water partition coefficient (Wildman–Crippen LogP) is 4.33. The number of piperidine rings is 1. The largest absolute Gasteiger partial charge is 0.496 e. The summed E-state index contributed by atoms with van der Waals surface area (Å²) in [5.41, 5.74) is 2.39. The molecule has 6 nitrogen and oxygen atoms in total. The fraction of sp³-hybridized carbons (Fsp3) is 0.292. The molecule has 1 aliphatic rings. The first kappa shape index (κ1) is 19.9. The molecule has 1 aromatic heterocycles. The van der Waals surface area contributed by atoms with E-state index in [1.165, 1.54) is 0 Å². The fourth-order valence-corrected chi connectivity index (χ4v) is 3.84. The van der Waals surface area contributed by atoms with Crippen LogP contribution in [0.25, 0.3) is 11.6 Å². The minimum absolute atomic E-state index is 0.00644. The molecule has 1 amide bonds. The number of likely N-dealkylation sites (tertiary alicyclic amines) is 1. The number of rotatable bonds is 5. The van der Waals surface area contributed by atoms with Crippen molar-refractivity contribution >= 4 is 17.6 Å². The summed E-state index contributed by atoms with van der Waals surface area (Å²) >= 11 is 0. The molecule has 3 aromatic rings. The van der Waals surface area contributed by atoms with Crippen LogP contribution in [0, 0.1) is 6.92 Å². The first-order valence-corrected chi connectivity index (χ1v) is 10.2. The van der Waals surface area contributed by atoms with Crippen LogP contribution in [-0.4, -0.2) is 41.1 Å². The second-order valence-electron chi connectivity index (χ2n) is 7.44. The molecular weight excluding hydrogens is 378 g/mol. The highest BCUT2D eigenvalue weighted by Gasteiger charge is 2.30. The summed E-state index contributed by atoms with van der Waals surface area (Å²) in [7, 11) is 1.64. The molecule has 154 valence electrons. The van der Waals surface area contributed by atoms with Gasteiger partial charge in [0.05, 0.1) is 13.0 Å². The van der Waals surface area contributed by atoms with E-state index in [2.05, 4.69) is 10.1 Å². The predicted molar refractivity (Wildman–Crippen MR) is 115 cm³/mol. The number of hydrogen-bond acceptors (Lipinski definition) is 5. The molecule has 0 bridgehead atoms. The number of aryl methyl sites for hydroxylation is 1. The van der Waals surface area contributed by atoms with Crippen molar-refractivity contribution in [3.05, 3.63) is 77.4 Å². The zero-order chi connectivity index (χ0) is 20.9. The smallest absolute Gasteiger partial charge is 0.254 e. The summed E-state index contributed by atoms with van der Waals surface area (Å²) < 4.78 is 10.9. The number of para-hydroxylation sites is 1. The van der Waals surface area contributed by atoms with Crippen LogP contribution in [0.1, 0.15) is 41.6 Å². The number of benzene rings is 2. The van der Waals surface area contributed by atoms with Crippen LogP contribution in [0.3, 0.4) is 0 Å². The topological polar surface area (TPSA) is 68.5 Å². The summed E-state index contributed by atoms with van der Waals surface area (Å²) in [6, 6.07) is 17.5. The van der Waals surface area contributed by atoms with Crippen molar-refractivity contribution < 1.29 is 14.1 Å². The highest BCUT2D eigenvalue weighted by molar-refractivity contribution is 6.24. The second kappa shape index (κ2) is 8.95. The van der Waals surface area contributed by atoms with E-state index >= 15 is 0 Å². The van der Waals surface area contributed by atoms with Gasteiger partial charge < -0.3 is 14.2 Å². The van der Waals surface area contributed by atoms with Gasteiger partial charge in [0.2, 0.25) is 5.89 Å². The fourth-order valence-electron chi connectivity index (χ4n) is 3.84. The van der Waals surface area contributed by atoms with E-state index in [4.69, 9.17) is 9.26 Å². The van der Waals surface area contributed by atoms with Gasteiger partial charge in [-0.15, -0.1) is 0 Å². The van der Waals surface area contributed by atoms with Gasteiger partial charge in [0, 0.05) is 24.2 Å². The van der Waals surface area contributed by atoms with Crippen LogP contribution in [0.2, 0.25) is 0 Å². The zero-order valence-electron chi connectivity index (χ0n) is 17.2. The van der Waals surface area contributed by atoms with Crippen molar-refractivity contribution in [3.63, 3.8) is 0 Å². The average Bonchev–Trinajstić information content (AvgIpc) is 3.24. The van der Waals surface area contributed by atoms with Crippen LogP contribution in [0.4, 0.5) is 0 Å². The Bertz CT molecular complexity index is 1040. The molecule has 30 heavy (non-hydrogen) atoms. The number of carbonyl (C=O) groups excluding carboxylic acids is 1. The number of carbonyl (C=O) groups is 1. The van der Waals surface area contributed by atoms with Gasteiger partial charge >= 0.3 is 0 Å². The molecule has 1 aliphatic heterocycles. The molecule has 4 rings (SSSR count). The monoisotopic (exact) mass is 403 g/mol. The minimum atomic E-state index is -0.00644. The molecule has 1 atom stereocenters. The van der Waals surface area contributed by atoms with Gasteiger partial charge in [-0.1, -0.05) is 53.7 Å². The number of ether oxygens (including phenoxy) is 1. The lowest BCUT2D eigenvalue weighted by atomic mass is 9.95. The standard InChI is InChI=1S/C24H25N3O3/c1-17-25-23(30-26-17)20-12-8-14-27(16-20)24(28)21(18-9-4-3-5-10-18)15-19-11-6-7-13-22(19)29-2/h3-7,9-11,13,15,20H,8,12,14,16H2,1-2H3. The van der Waals surface area contributed by atoms with Crippen LogP contribution in [0.15, 0.2) is 59.1 Å². The third-order valence-corrected chi connectivity index (χ3v) is 5.36. The van der Waals surface area contributed by atoms with E-state index < -0.39 is 0 Å². The van der Waals surface area contributed by atoms with Crippen molar-refractivity contribution in [1.82, 2.24) is 15.0 Å². The van der Waals surface area contributed by atoms with Crippen molar-refractivity contribution in [1.29, 1.82) is 0 Å². The maximum Gasteiger partial charge on any atom is 0.254 e. The minimum Gasteiger partial charge on any atom is -0.496 e. The van der Waals surface area contributed by atoms with Gasteiger partial charge in [-0.05, 0) is 37.5 Å². The quantitative estimate of drug-likeness (QED) is 0.468. The van der Waals surface area contributed by atoms with Crippen molar-refractivity contribution in [2.24, 2.45) is 0 Å². The Morgan fingerprint density at radius 3 is 2.67 bits per heavy atom. The number of methoxy groups -OCH3 is 1. The van der Waals surface area contributed by atoms with Gasteiger partial charge in [0.1, 0.15) is 5.75 Å². The van der Waals surface area contributed by atoms with E-state index in [0.29, 0.717) is 30.4 Å². The summed E-state index contributed by atoms with van der Waals surface area (Å²) in [5.74, 6) is 2.02.